The number of hydrogen-bond acceptors (Lipinski definition) is 5. The van der Waals surface area contributed by atoms with Crippen molar-refractivity contribution in [3.63, 3.8) is 0 Å². The highest BCUT2D eigenvalue weighted by atomic mass is 35.5. The maximum atomic E-state index is 12.2. The third kappa shape index (κ3) is 4.21. The predicted molar refractivity (Wildman–Crippen MR) is 103 cm³/mol. The highest BCUT2D eigenvalue weighted by Crippen LogP contribution is 2.29. The molecular formula is C19H12Cl2N2O5. The number of rotatable bonds is 5. The lowest BCUT2D eigenvalue weighted by Crippen LogP contribution is -2.29. The van der Waals surface area contributed by atoms with Crippen LogP contribution < -0.4 is 10.2 Å². The topological polar surface area (TPSA) is 92.8 Å². The molecule has 1 heterocycles. The molecule has 0 fully saturated rings. The summed E-state index contributed by atoms with van der Waals surface area (Å²) in [6, 6.07) is 10.5. The molecule has 0 atom stereocenters. The normalized spacial score (nSPS) is 13.0. The molecule has 0 saturated carbocycles. The third-order valence-corrected chi connectivity index (χ3v) is 4.53. The summed E-state index contributed by atoms with van der Waals surface area (Å²) >= 11 is 11.8. The molecule has 2 aromatic rings. The van der Waals surface area contributed by atoms with Crippen molar-refractivity contribution in [2.75, 3.05) is 16.8 Å². The van der Waals surface area contributed by atoms with E-state index in [1.807, 2.05) is 0 Å². The van der Waals surface area contributed by atoms with Crippen LogP contribution in [-0.2, 0) is 19.1 Å². The summed E-state index contributed by atoms with van der Waals surface area (Å²) in [7, 11) is 0. The van der Waals surface area contributed by atoms with Gasteiger partial charge in [-0.1, -0.05) is 35.3 Å². The molecular weight excluding hydrogens is 407 g/mol. The first-order valence-corrected chi connectivity index (χ1v) is 8.69. The Kier molecular flexibility index (Phi) is 5.77. The molecule has 0 spiro atoms. The Bertz CT molecular complexity index is 1000. The van der Waals surface area contributed by atoms with Crippen molar-refractivity contribution in [1.29, 1.82) is 0 Å². The van der Waals surface area contributed by atoms with Gasteiger partial charge in [0.15, 0.2) is 6.61 Å². The summed E-state index contributed by atoms with van der Waals surface area (Å²) in [4.78, 5) is 48.6. The summed E-state index contributed by atoms with van der Waals surface area (Å²) in [6.45, 7) is -0.560. The van der Waals surface area contributed by atoms with Crippen LogP contribution in [0, 0.1) is 0 Å². The van der Waals surface area contributed by atoms with E-state index in [1.165, 1.54) is 24.3 Å². The maximum Gasteiger partial charge on any atom is 0.338 e. The van der Waals surface area contributed by atoms with Gasteiger partial charge in [-0.15, -0.1) is 0 Å². The van der Waals surface area contributed by atoms with E-state index in [4.69, 9.17) is 27.9 Å². The van der Waals surface area contributed by atoms with Crippen molar-refractivity contribution in [2.24, 2.45) is 0 Å². The van der Waals surface area contributed by atoms with E-state index < -0.39 is 30.3 Å². The molecule has 0 aromatic heterocycles. The molecule has 9 heteroatoms. The molecule has 2 aromatic carbocycles. The van der Waals surface area contributed by atoms with E-state index in [-0.39, 0.29) is 27.0 Å². The maximum absolute atomic E-state index is 12.2. The van der Waals surface area contributed by atoms with Crippen LogP contribution in [0.1, 0.15) is 10.4 Å². The van der Waals surface area contributed by atoms with Gasteiger partial charge in [0, 0.05) is 12.2 Å². The van der Waals surface area contributed by atoms with Gasteiger partial charge in [0.2, 0.25) is 0 Å². The number of imide groups is 1. The number of esters is 1. The van der Waals surface area contributed by atoms with E-state index in [9.17, 15) is 19.2 Å². The summed E-state index contributed by atoms with van der Waals surface area (Å²) in [5.41, 5.74) is 0.596. The van der Waals surface area contributed by atoms with E-state index in [1.54, 1.807) is 18.2 Å². The van der Waals surface area contributed by atoms with Gasteiger partial charge < -0.3 is 10.1 Å². The molecule has 0 aliphatic carbocycles. The summed E-state index contributed by atoms with van der Waals surface area (Å²) in [5.74, 6) is -2.41. The molecule has 1 aliphatic rings. The lowest BCUT2D eigenvalue weighted by molar-refractivity contribution is -0.120. The standard InChI is InChI=1S/C19H12Cl2N2O5/c20-13-5-2-6-14(18(13)21)22-15(24)10-28-19(27)11-3-1-4-12(9-11)23-16(25)7-8-17(23)26/h1-9H,10H2,(H,22,24). The fourth-order valence-electron chi connectivity index (χ4n) is 2.43. The van der Waals surface area contributed by atoms with Crippen molar-refractivity contribution in [2.45, 2.75) is 0 Å². The molecule has 0 unspecified atom stereocenters. The summed E-state index contributed by atoms with van der Waals surface area (Å²) in [5, 5.41) is 2.93. The van der Waals surface area contributed by atoms with Crippen molar-refractivity contribution in [3.05, 3.63) is 70.2 Å². The van der Waals surface area contributed by atoms with Crippen LogP contribution in [0.25, 0.3) is 0 Å². The molecule has 0 bridgehead atoms. The number of nitrogens with zero attached hydrogens (tertiary/aromatic N) is 1. The smallest absolute Gasteiger partial charge is 0.338 e. The van der Waals surface area contributed by atoms with Gasteiger partial charge in [0.05, 0.1) is 27.0 Å². The highest BCUT2D eigenvalue weighted by Gasteiger charge is 2.25. The quantitative estimate of drug-likeness (QED) is 0.594. The molecule has 142 valence electrons. The minimum atomic E-state index is -0.791. The van der Waals surface area contributed by atoms with Crippen LogP contribution in [0.3, 0.4) is 0 Å². The van der Waals surface area contributed by atoms with Crippen LogP contribution in [0.4, 0.5) is 11.4 Å². The van der Waals surface area contributed by atoms with Crippen LogP contribution in [0.2, 0.25) is 10.0 Å². The van der Waals surface area contributed by atoms with Crippen molar-refractivity contribution < 1.29 is 23.9 Å². The minimum absolute atomic E-state index is 0.0820. The Labute approximate surface area is 169 Å². The zero-order valence-electron chi connectivity index (χ0n) is 14.1. The average Bonchev–Trinajstić information content (AvgIpc) is 3.02. The van der Waals surface area contributed by atoms with Crippen LogP contribution >= 0.6 is 23.2 Å². The molecule has 3 rings (SSSR count). The van der Waals surface area contributed by atoms with Gasteiger partial charge in [-0.3, -0.25) is 14.4 Å². The molecule has 1 N–H and O–H groups in total. The fraction of sp³-hybridized carbons (Fsp3) is 0.0526. The van der Waals surface area contributed by atoms with Gasteiger partial charge >= 0.3 is 5.97 Å². The highest BCUT2D eigenvalue weighted by molar-refractivity contribution is 6.44. The van der Waals surface area contributed by atoms with Crippen LogP contribution in [0.15, 0.2) is 54.6 Å². The molecule has 0 saturated heterocycles. The number of halogens is 2. The molecule has 28 heavy (non-hydrogen) atoms. The number of benzene rings is 2. The number of amides is 3. The van der Waals surface area contributed by atoms with Gasteiger partial charge in [0.25, 0.3) is 17.7 Å². The monoisotopic (exact) mass is 418 g/mol. The van der Waals surface area contributed by atoms with Crippen molar-refractivity contribution >= 4 is 58.3 Å². The van der Waals surface area contributed by atoms with E-state index in [0.29, 0.717) is 0 Å². The summed E-state index contributed by atoms with van der Waals surface area (Å²) in [6.07, 6.45) is 2.28. The van der Waals surface area contributed by atoms with Gasteiger partial charge in [-0.2, -0.15) is 0 Å². The van der Waals surface area contributed by atoms with Gasteiger partial charge in [-0.25, -0.2) is 9.69 Å². The number of anilines is 2. The van der Waals surface area contributed by atoms with E-state index in [0.717, 1.165) is 17.1 Å². The second kappa shape index (κ2) is 8.24. The van der Waals surface area contributed by atoms with E-state index in [2.05, 4.69) is 5.32 Å². The summed E-state index contributed by atoms with van der Waals surface area (Å²) < 4.78 is 4.97. The predicted octanol–water partition coefficient (Wildman–Crippen LogP) is 3.22. The number of carbonyl (C=O) groups is 4. The molecule has 1 aliphatic heterocycles. The first-order valence-electron chi connectivity index (χ1n) is 7.94. The zero-order valence-corrected chi connectivity index (χ0v) is 15.7. The Morgan fingerprint density at radius 3 is 2.39 bits per heavy atom. The third-order valence-electron chi connectivity index (χ3n) is 3.71. The van der Waals surface area contributed by atoms with E-state index >= 15 is 0 Å². The number of carbonyl (C=O) groups excluding carboxylic acids is 4. The largest absolute Gasteiger partial charge is 0.452 e. The Morgan fingerprint density at radius 1 is 1.00 bits per heavy atom. The minimum Gasteiger partial charge on any atom is -0.452 e. The van der Waals surface area contributed by atoms with Crippen LogP contribution in [0.5, 0.6) is 0 Å². The zero-order chi connectivity index (χ0) is 20.3. The van der Waals surface area contributed by atoms with Crippen LogP contribution in [-0.4, -0.2) is 30.3 Å². The van der Waals surface area contributed by atoms with Gasteiger partial charge in [0.1, 0.15) is 0 Å². The van der Waals surface area contributed by atoms with Crippen molar-refractivity contribution in [3.8, 4) is 0 Å². The number of ether oxygens (including phenoxy) is 1. The second-order valence-electron chi connectivity index (χ2n) is 5.62. The average molecular weight is 419 g/mol. The first-order chi connectivity index (χ1) is 13.4. The van der Waals surface area contributed by atoms with Crippen molar-refractivity contribution in [1.82, 2.24) is 0 Å². The Balaban J connectivity index is 1.63. The lowest BCUT2D eigenvalue weighted by atomic mass is 10.2. The lowest BCUT2D eigenvalue weighted by Gasteiger charge is -2.14. The number of nitrogens with one attached hydrogen (secondary N) is 1. The SMILES string of the molecule is O=C(COC(=O)c1cccc(N2C(=O)C=CC2=O)c1)Nc1cccc(Cl)c1Cl. The second-order valence-corrected chi connectivity index (χ2v) is 6.41. The number of hydrogen-bond donors (Lipinski definition) is 1. The van der Waals surface area contributed by atoms with Gasteiger partial charge in [-0.05, 0) is 30.3 Å². The molecule has 3 amide bonds. The Morgan fingerprint density at radius 2 is 1.68 bits per heavy atom. The fourth-order valence-corrected chi connectivity index (χ4v) is 2.78. The molecule has 7 nitrogen and oxygen atoms in total. The first kappa shape index (κ1) is 19.6. The Hall–Kier alpha value is -3.16. The molecule has 0 radical (unpaired) electrons.